The number of halogens is 1. The van der Waals surface area contributed by atoms with Crippen LogP contribution in [0.4, 0.5) is 4.39 Å². The normalized spacial score (nSPS) is 22.0. The van der Waals surface area contributed by atoms with Crippen molar-refractivity contribution in [2.24, 2.45) is 0 Å². The number of ether oxygens (including phenoxy) is 2. The lowest BCUT2D eigenvalue weighted by Crippen LogP contribution is -2.36. The minimum atomic E-state index is -0.354. The van der Waals surface area contributed by atoms with E-state index in [9.17, 15) is 14.0 Å². The van der Waals surface area contributed by atoms with Gasteiger partial charge in [-0.05, 0) is 43.2 Å². The first-order valence-corrected chi connectivity index (χ1v) is 8.52. The van der Waals surface area contributed by atoms with Crippen LogP contribution in [0, 0.1) is 5.82 Å². The third kappa shape index (κ3) is 2.76. The molecule has 2 unspecified atom stereocenters. The smallest absolute Gasteiger partial charge is 0.261 e. The van der Waals surface area contributed by atoms with E-state index >= 15 is 0 Å². The molecule has 6 heteroatoms. The molecule has 26 heavy (non-hydrogen) atoms. The van der Waals surface area contributed by atoms with E-state index in [4.69, 9.17) is 9.47 Å². The topological polar surface area (TPSA) is 55.8 Å². The van der Waals surface area contributed by atoms with E-state index in [2.05, 4.69) is 0 Å². The molecule has 2 aromatic carbocycles. The van der Waals surface area contributed by atoms with Crippen molar-refractivity contribution < 1.29 is 23.5 Å². The van der Waals surface area contributed by atoms with Crippen LogP contribution in [0.15, 0.2) is 42.5 Å². The maximum atomic E-state index is 13.6. The molecule has 2 aliphatic heterocycles. The Bertz CT molecular complexity index is 847. The predicted octanol–water partition coefficient (Wildman–Crippen LogP) is 3.35. The second-order valence-electron chi connectivity index (χ2n) is 6.48. The number of hydrogen-bond donors (Lipinski definition) is 0. The first kappa shape index (κ1) is 16.7. The number of fused-ring (bicyclic) bond motifs is 1. The molecule has 0 spiro atoms. The lowest BCUT2D eigenvalue weighted by atomic mass is 10.0. The fourth-order valence-corrected chi connectivity index (χ4v) is 3.63. The highest BCUT2D eigenvalue weighted by Gasteiger charge is 2.38. The molecule has 5 nitrogen and oxygen atoms in total. The van der Waals surface area contributed by atoms with Crippen LogP contribution < -0.4 is 4.74 Å². The highest BCUT2D eigenvalue weighted by Crippen LogP contribution is 2.38. The third-order valence-corrected chi connectivity index (χ3v) is 4.91. The molecule has 0 N–H and O–H groups in total. The van der Waals surface area contributed by atoms with Gasteiger partial charge in [-0.2, -0.15) is 0 Å². The molecule has 4 rings (SSSR count). The van der Waals surface area contributed by atoms with Gasteiger partial charge in [0.25, 0.3) is 11.8 Å². The number of nitrogens with zero attached hydrogens (tertiary/aromatic N) is 1. The van der Waals surface area contributed by atoms with E-state index in [-0.39, 0.29) is 36.4 Å². The van der Waals surface area contributed by atoms with Gasteiger partial charge in [0.2, 0.25) is 0 Å². The monoisotopic (exact) mass is 355 g/mol. The fourth-order valence-electron chi connectivity index (χ4n) is 3.63. The number of carbonyl (C=O) groups excluding carboxylic acids is 2. The van der Waals surface area contributed by atoms with Crippen molar-refractivity contribution in [3.05, 3.63) is 65.0 Å². The van der Waals surface area contributed by atoms with Gasteiger partial charge in [-0.3, -0.25) is 14.5 Å². The van der Waals surface area contributed by atoms with Crippen molar-refractivity contribution in [1.29, 1.82) is 0 Å². The van der Waals surface area contributed by atoms with Crippen LogP contribution in [0.1, 0.15) is 45.2 Å². The minimum Gasteiger partial charge on any atom is -0.496 e. The van der Waals surface area contributed by atoms with Crippen molar-refractivity contribution >= 4 is 11.8 Å². The van der Waals surface area contributed by atoms with E-state index in [1.807, 2.05) is 0 Å². The maximum absolute atomic E-state index is 13.6. The molecule has 0 radical (unpaired) electrons. The van der Waals surface area contributed by atoms with Crippen LogP contribution in [0.3, 0.4) is 0 Å². The van der Waals surface area contributed by atoms with Gasteiger partial charge in [-0.1, -0.05) is 12.1 Å². The highest BCUT2D eigenvalue weighted by atomic mass is 19.1. The Labute approximate surface area is 150 Å². The maximum Gasteiger partial charge on any atom is 0.261 e. The number of benzene rings is 2. The summed E-state index contributed by atoms with van der Waals surface area (Å²) in [6, 6.07) is 11.1. The van der Waals surface area contributed by atoms with Gasteiger partial charge in [-0.15, -0.1) is 0 Å². The second kappa shape index (κ2) is 6.53. The SMILES string of the molecule is COc1ccc(F)cc1C1CCC(CN2C(=O)c3ccccc3C2=O)O1. The summed E-state index contributed by atoms with van der Waals surface area (Å²) in [6.07, 6.45) is 0.752. The molecule has 0 bridgehead atoms. The molecule has 0 aliphatic carbocycles. The van der Waals surface area contributed by atoms with Gasteiger partial charge < -0.3 is 9.47 Å². The fraction of sp³-hybridized carbons (Fsp3) is 0.300. The molecule has 1 saturated heterocycles. The van der Waals surface area contributed by atoms with Gasteiger partial charge in [0.15, 0.2) is 0 Å². The number of hydrogen-bond acceptors (Lipinski definition) is 4. The minimum absolute atomic E-state index is 0.195. The van der Waals surface area contributed by atoms with E-state index in [1.165, 1.54) is 24.1 Å². The Kier molecular flexibility index (Phi) is 4.20. The zero-order chi connectivity index (χ0) is 18.3. The van der Waals surface area contributed by atoms with Crippen molar-refractivity contribution in [2.45, 2.75) is 25.0 Å². The van der Waals surface area contributed by atoms with E-state index in [1.54, 1.807) is 30.3 Å². The summed E-state index contributed by atoms with van der Waals surface area (Å²) < 4.78 is 24.9. The van der Waals surface area contributed by atoms with Gasteiger partial charge in [0.1, 0.15) is 11.6 Å². The molecule has 0 saturated carbocycles. The molecule has 134 valence electrons. The second-order valence-corrected chi connectivity index (χ2v) is 6.48. The first-order chi connectivity index (χ1) is 12.6. The zero-order valence-corrected chi connectivity index (χ0v) is 14.3. The van der Waals surface area contributed by atoms with E-state index in [0.717, 1.165) is 0 Å². The van der Waals surface area contributed by atoms with Crippen molar-refractivity contribution in [1.82, 2.24) is 4.90 Å². The highest BCUT2D eigenvalue weighted by molar-refractivity contribution is 6.21. The van der Waals surface area contributed by atoms with E-state index in [0.29, 0.717) is 35.3 Å². The van der Waals surface area contributed by atoms with Crippen molar-refractivity contribution in [3.63, 3.8) is 0 Å². The van der Waals surface area contributed by atoms with Gasteiger partial charge in [0, 0.05) is 5.56 Å². The quantitative estimate of drug-likeness (QED) is 0.790. The molecule has 1 fully saturated rings. The third-order valence-electron chi connectivity index (χ3n) is 4.91. The number of methoxy groups -OCH3 is 1. The van der Waals surface area contributed by atoms with Crippen LogP contribution in [0.25, 0.3) is 0 Å². The molecule has 2 atom stereocenters. The number of carbonyl (C=O) groups is 2. The summed E-state index contributed by atoms with van der Waals surface area (Å²) in [5, 5.41) is 0. The Morgan fingerprint density at radius 3 is 2.46 bits per heavy atom. The molecule has 2 aromatic rings. The largest absolute Gasteiger partial charge is 0.496 e. The molecule has 2 amide bonds. The number of rotatable bonds is 4. The number of amides is 2. The Hall–Kier alpha value is -2.73. The van der Waals surface area contributed by atoms with Gasteiger partial charge in [-0.25, -0.2) is 4.39 Å². The van der Waals surface area contributed by atoms with Crippen molar-refractivity contribution in [2.75, 3.05) is 13.7 Å². The average Bonchev–Trinajstić information content (AvgIpc) is 3.21. The lowest BCUT2D eigenvalue weighted by Gasteiger charge is -2.20. The Morgan fingerprint density at radius 1 is 1.12 bits per heavy atom. The Balaban J connectivity index is 1.48. The predicted molar refractivity (Wildman–Crippen MR) is 91.6 cm³/mol. The van der Waals surface area contributed by atoms with Gasteiger partial charge in [0.05, 0.1) is 37.0 Å². The summed E-state index contributed by atoms with van der Waals surface area (Å²) in [6.45, 7) is 0.195. The standard InChI is InChI=1S/C20H18FNO4/c1-25-17-8-6-12(21)10-16(17)18-9-7-13(26-18)11-22-19(23)14-4-2-3-5-15(14)20(22)24/h2-6,8,10,13,18H,7,9,11H2,1H3. The molecular weight excluding hydrogens is 337 g/mol. The lowest BCUT2D eigenvalue weighted by molar-refractivity contribution is 0.0208. The summed E-state index contributed by atoms with van der Waals surface area (Å²) in [4.78, 5) is 26.2. The summed E-state index contributed by atoms with van der Waals surface area (Å²) >= 11 is 0. The Morgan fingerprint density at radius 2 is 1.81 bits per heavy atom. The molecule has 2 aliphatic rings. The number of imide groups is 1. The van der Waals surface area contributed by atoms with Crippen molar-refractivity contribution in [3.8, 4) is 5.75 Å². The van der Waals surface area contributed by atoms with Gasteiger partial charge >= 0.3 is 0 Å². The summed E-state index contributed by atoms with van der Waals surface area (Å²) in [7, 11) is 1.53. The van der Waals surface area contributed by atoms with Crippen LogP contribution in [-0.2, 0) is 4.74 Å². The average molecular weight is 355 g/mol. The van der Waals surface area contributed by atoms with Crippen LogP contribution >= 0.6 is 0 Å². The first-order valence-electron chi connectivity index (χ1n) is 8.52. The summed E-state index contributed by atoms with van der Waals surface area (Å²) in [5.74, 6) is -0.368. The summed E-state index contributed by atoms with van der Waals surface area (Å²) in [5.41, 5.74) is 1.51. The van der Waals surface area contributed by atoms with Crippen LogP contribution in [-0.4, -0.2) is 36.5 Å². The molecule has 2 heterocycles. The zero-order valence-electron chi connectivity index (χ0n) is 14.3. The van der Waals surface area contributed by atoms with Crippen LogP contribution in [0.5, 0.6) is 5.75 Å². The molecule has 0 aromatic heterocycles. The van der Waals surface area contributed by atoms with E-state index < -0.39 is 0 Å². The van der Waals surface area contributed by atoms with Crippen LogP contribution in [0.2, 0.25) is 0 Å². The molecular formula is C20H18FNO4.